The molecule has 2 aliphatic heterocycles. The summed E-state index contributed by atoms with van der Waals surface area (Å²) in [6.45, 7) is 6.43. The van der Waals surface area contributed by atoms with Crippen molar-refractivity contribution >= 4 is 11.9 Å². The summed E-state index contributed by atoms with van der Waals surface area (Å²) in [6, 6.07) is 0. The summed E-state index contributed by atoms with van der Waals surface area (Å²) in [4.78, 5) is 18.8. The third-order valence-corrected chi connectivity index (χ3v) is 5.65. The predicted molar refractivity (Wildman–Crippen MR) is 112 cm³/mol. The standard InChI is InChI=1S/C20H35N7O2/c1-16-24-25-18(26(16)2)15-23-20(22-14-17-8-6-13-29-17)21-10-7-12-27-11-5-3-4-9-19(27)28/h17H,3-15H2,1-2H3,(H2,21,22,23). The van der Waals surface area contributed by atoms with Crippen LogP contribution in [0.1, 0.15) is 56.6 Å². The summed E-state index contributed by atoms with van der Waals surface area (Å²) in [5, 5.41) is 15.1. The Morgan fingerprint density at radius 1 is 1.24 bits per heavy atom. The molecule has 9 nitrogen and oxygen atoms in total. The lowest BCUT2D eigenvalue weighted by molar-refractivity contribution is -0.130. The molecule has 2 fully saturated rings. The van der Waals surface area contributed by atoms with Crippen LogP contribution in [0.5, 0.6) is 0 Å². The molecule has 1 atom stereocenters. The fourth-order valence-corrected chi connectivity index (χ4v) is 3.68. The molecule has 1 amide bonds. The first-order chi connectivity index (χ1) is 14.1. The van der Waals surface area contributed by atoms with E-state index in [1.807, 2.05) is 23.4 Å². The molecule has 1 unspecified atom stereocenters. The zero-order valence-corrected chi connectivity index (χ0v) is 17.8. The van der Waals surface area contributed by atoms with Crippen molar-refractivity contribution < 1.29 is 9.53 Å². The van der Waals surface area contributed by atoms with E-state index in [9.17, 15) is 4.79 Å². The van der Waals surface area contributed by atoms with Crippen LogP contribution in [0, 0.1) is 6.92 Å². The molecule has 2 saturated heterocycles. The molecule has 0 aromatic carbocycles. The number of ether oxygens (including phenoxy) is 1. The molecule has 3 rings (SSSR count). The highest BCUT2D eigenvalue weighted by molar-refractivity contribution is 5.79. The number of aromatic nitrogens is 3. The van der Waals surface area contributed by atoms with E-state index < -0.39 is 0 Å². The van der Waals surface area contributed by atoms with Gasteiger partial charge in [-0.3, -0.25) is 4.79 Å². The molecule has 2 N–H and O–H groups in total. The van der Waals surface area contributed by atoms with Crippen molar-refractivity contribution in [3.8, 4) is 0 Å². The monoisotopic (exact) mass is 405 g/mol. The number of hydrogen-bond acceptors (Lipinski definition) is 5. The van der Waals surface area contributed by atoms with Crippen LogP contribution >= 0.6 is 0 Å². The summed E-state index contributed by atoms with van der Waals surface area (Å²) in [6.07, 6.45) is 7.34. The van der Waals surface area contributed by atoms with Gasteiger partial charge >= 0.3 is 0 Å². The highest BCUT2D eigenvalue weighted by Crippen LogP contribution is 2.11. The van der Waals surface area contributed by atoms with E-state index in [2.05, 4.69) is 25.8 Å². The van der Waals surface area contributed by atoms with Crippen molar-refractivity contribution in [2.24, 2.45) is 12.0 Å². The third-order valence-electron chi connectivity index (χ3n) is 5.65. The van der Waals surface area contributed by atoms with E-state index in [1.54, 1.807) is 0 Å². The maximum absolute atomic E-state index is 12.1. The Kier molecular flexibility index (Phi) is 8.27. The quantitative estimate of drug-likeness (QED) is 0.382. The summed E-state index contributed by atoms with van der Waals surface area (Å²) < 4.78 is 7.65. The Morgan fingerprint density at radius 2 is 2.14 bits per heavy atom. The number of aryl methyl sites for hydroxylation is 1. The summed E-state index contributed by atoms with van der Waals surface area (Å²) in [5.74, 6) is 2.75. The number of guanidine groups is 1. The molecule has 1 aromatic rings. The fraction of sp³-hybridized carbons (Fsp3) is 0.800. The Balaban J connectivity index is 1.48. The smallest absolute Gasteiger partial charge is 0.222 e. The normalized spacial score (nSPS) is 20.8. The highest BCUT2D eigenvalue weighted by atomic mass is 16.5. The molecule has 3 heterocycles. The van der Waals surface area contributed by atoms with Gasteiger partial charge in [-0.2, -0.15) is 0 Å². The lowest BCUT2D eigenvalue weighted by Crippen LogP contribution is -2.42. The number of hydrogen-bond donors (Lipinski definition) is 2. The van der Waals surface area contributed by atoms with Crippen LogP contribution in [0.4, 0.5) is 0 Å². The molecular weight excluding hydrogens is 370 g/mol. The first kappa shape index (κ1) is 21.5. The number of aliphatic imine (C=N–C) groups is 1. The van der Waals surface area contributed by atoms with Gasteiger partial charge in [0.1, 0.15) is 12.4 Å². The van der Waals surface area contributed by atoms with Gasteiger partial charge in [0.15, 0.2) is 11.8 Å². The molecule has 162 valence electrons. The van der Waals surface area contributed by atoms with Gasteiger partial charge in [0.25, 0.3) is 0 Å². The maximum atomic E-state index is 12.1. The minimum atomic E-state index is 0.244. The number of likely N-dealkylation sites (tertiary alicyclic amines) is 1. The topological polar surface area (TPSA) is 96.7 Å². The van der Waals surface area contributed by atoms with Gasteiger partial charge in [-0.15, -0.1) is 10.2 Å². The fourth-order valence-electron chi connectivity index (χ4n) is 3.68. The van der Waals surface area contributed by atoms with Gasteiger partial charge in [0.05, 0.1) is 6.10 Å². The zero-order chi connectivity index (χ0) is 20.5. The second-order valence-electron chi connectivity index (χ2n) is 7.87. The lowest BCUT2D eigenvalue weighted by Gasteiger charge is -2.21. The van der Waals surface area contributed by atoms with Crippen LogP contribution in [0.3, 0.4) is 0 Å². The van der Waals surface area contributed by atoms with Crippen LogP contribution in [0.2, 0.25) is 0 Å². The van der Waals surface area contributed by atoms with Gasteiger partial charge in [0.2, 0.25) is 5.91 Å². The van der Waals surface area contributed by atoms with E-state index in [4.69, 9.17) is 4.74 Å². The van der Waals surface area contributed by atoms with E-state index in [1.165, 1.54) is 0 Å². The number of carbonyl (C=O) groups excluding carboxylic acids is 1. The van der Waals surface area contributed by atoms with Crippen LogP contribution < -0.4 is 10.6 Å². The summed E-state index contributed by atoms with van der Waals surface area (Å²) in [7, 11) is 1.95. The Hall–Kier alpha value is -2.16. The van der Waals surface area contributed by atoms with E-state index in [0.29, 0.717) is 18.9 Å². The SMILES string of the molecule is Cc1nnc(CN=C(NCCCN2CCCCCC2=O)NCC2CCCO2)n1C. The van der Waals surface area contributed by atoms with Crippen molar-refractivity contribution in [3.63, 3.8) is 0 Å². The van der Waals surface area contributed by atoms with Gasteiger partial charge in [0, 0.05) is 46.3 Å². The summed E-state index contributed by atoms with van der Waals surface area (Å²) >= 11 is 0. The molecule has 0 aliphatic carbocycles. The van der Waals surface area contributed by atoms with Gasteiger partial charge in [-0.25, -0.2) is 4.99 Å². The maximum Gasteiger partial charge on any atom is 0.222 e. The molecule has 9 heteroatoms. The minimum Gasteiger partial charge on any atom is -0.376 e. The number of nitrogens with zero attached hydrogens (tertiary/aromatic N) is 5. The Morgan fingerprint density at radius 3 is 2.90 bits per heavy atom. The summed E-state index contributed by atoms with van der Waals surface area (Å²) in [5.41, 5.74) is 0. The molecule has 0 spiro atoms. The van der Waals surface area contributed by atoms with Crippen molar-refractivity contribution in [3.05, 3.63) is 11.6 Å². The van der Waals surface area contributed by atoms with E-state index in [0.717, 1.165) is 88.9 Å². The lowest BCUT2D eigenvalue weighted by atomic mass is 10.2. The number of carbonyl (C=O) groups is 1. The van der Waals surface area contributed by atoms with E-state index in [-0.39, 0.29) is 6.10 Å². The first-order valence-corrected chi connectivity index (χ1v) is 10.9. The molecule has 0 saturated carbocycles. The molecule has 29 heavy (non-hydrogen) atoms. The van der Waals surface area contributed by atoms with Crippen LogP contribution in [-0.2, 0) is 23.1 Å². The Labute approximate surface area is 173 Å². The van der Waals surface area contributed by atoms with Crippen molar-refractivity contribution in [2.75, 3.05) is 32.8 Å². The third kappa shape index (κ3) is 6.69. The molecular formula is C20H35N7O2. The second kappa shape index (κ2) is 11.1. The molecule has 2 aliphatic rings. The zero-order valence-electron chi connectivity index (χ0n) is 17.8. The van der Waals surface area contributed by atoms with Crippen molar-refractivity contribution in [2.45, 2.75) is 64.5 Å². The van der Waals surface area contributed by atoms with Crippen LogP contribution in [0.15, 0.2) is 4.99 Å². The van der Waals surface area contributed by atoms with Gasteiger partial charge in [-0.05, 0) is 39.0 Å². The molecule has 0 bridgehead atoms. The van der Waals surface area contributed by atoms with Gasteiger partial charge < -0.3 is 24.8 Å². The molecule has 1 aromatic heterocycles. The average Bonchev–Trinajstić information content (AvgIpc) is 3.29. The van der Waals surface area contributed by atoms with Crippen molar-refractivity contribution in [1.29, 1.82) is 0 Å². The van der Waals surface area contributed by atoms with Crippen LogP contribution in [0.25, 0.3) is 0 Å². The van der Waals surface area contributed by atoms with Crippen molar-refractivity contribution in [1.82, 2.24) is 30.3 Å². The van der Waals surface area contributed by atoms with E-state index >= 15 is 0 Å². The van der Waals surface area contributed by atoms with Crippen LogP contribution in [-0.4, -0.2) is 70.4 Å². The number of nitrogens with one attached hydrogen (secondary N) is 2. The average molecular weight is 406 g/mol. The van der Waals surface area contributed by atoms with Gasteiger partial charge in [-0.1, -0.05) is 6.42 Å². The first-order valence-electron chi connectivity index (χ1n) is 10.9. The predicted octanol–water partition coefficient (Wildman–Crippen LogP) is 1.13. The number of amides is 1. The molecule has 0 radical (unpaired) electrons. The second-order valence-corrected chi connectivity index (χ2v) is 7.87. The minimum absolute atomic E-state index is 0.244. The largest absolute Gasteiger partial charge is 0.376 e. The highest BCUT2D eigenvalue weighted by Gasteiger charge is 2.17. The number of rotatable bonds is 8. The Bertz CT molecular complexity index is 682.